The van der Waals surface area contributed by atoms with Gasteiger partial charge in [0.25, 0.3) is 0 Å². The SMILES string of the molecule is CC(=O)O[C@@H]1[C@H]2C3C[C@H]4C5=[N+]([O-])c6ccccc6[C@]51C[C@@H]2[N@@+]4([O-])[C@@H](C)[C@@H]3C(=O)O. The molecule has 8 nitrogen and oxygen atoms in total. The molecule has 1 spiro atoms. The molecule has 5 aliphatic heterocycles. The van der Waals surface area contributed by atoms with Crippen LogP contribution in [-0.2, 0) is 19.7 Å². The first kappa shape index (κ1) is 17.4. The molecule has 0 radical (unpaired) electrons. The number of aliphatic carboxylic acids is 1. The molecule has 5 heterocycles. The predicted molar refractivity (Wildman–Crippen MR) is 100.0 cm³/mol. The molecule has 0 amide bonds. The minimum absolute atomic E-state index is 0.283. The average Bonchev–Trinajstić information content (AvgIpc) is 3.06. The third-order valence-corrected chi connectivity index (χ3v) is 8.60. The summed E-state index contributed by atoms with van der Waals surface area (Å²) in [6.45, 7) is 3.04. The molecule has 29 heavy (non-hydrogen) atoms. The number of hydroxylamine groups is 3. The van der Waals surface area contributed by atoms with Gasteiger partial charge in [-0.05, 0) is 12.8 Å². The van der Waals surface area contributed by atoms with Crippen LogP contribution in [0.4, 0.5) is 5.69 Å². The summed E-state index contributed by atoms with van der Waals surface area (Å²) < 4.78 is 6.06. The van der Waals surface area contributed by atoms with Gasteiger partial charge in [-0.3, -0.25) is 9.59 Å². The van der Waals surface area contributed by atoms with Crippen molar-refractivity contribution in [2.45, 2.75) is 56.3 Å². The van der Waals surface area contributed by atoms with Crippen LogP contribution in [0.25, 0.3) is 0 Å². The van der Waals surface area contributed by atoms with Gasteiger partial charge in [0.05, 0.1) is 12.0 Å². The van der Waals surface area contributed by atoms with E-state index < -0.39 is 46.1 Å². The van der Waals surface area contributed by atoms with Crippen molar-refractivity contribution in [3.63, 3.8) is 0 Å². The number of fused-ring (bicyclic) bond motifs is 2. The molecule has 0 aromatic heterocycles. The van der Waals surface area contributed by atoms with E-state index in [0.717, 1.165) is 10.3 Å². The number of nitrogens with zero attached hydrogens (tertiary/aromatic N) is 2. The molecule has 1 unspecified atom stereocenters. The molecule has 4 saturated heterocycles. The van der Waals surface area contributed by atoms with Crippen LogP contribution in [0.3, 0.4) is 0 Å². The predicted octanol–water partition coefficient (Wildman–Crippen LogP) is 1.66. The molecular weight excluding hydrogens is 376 g/mol. The van der Waals surface area contributed by atoms with Crippen molar-refractivity contribution >= 4 is 23.3 Å². The van der Waals surface area contributed by atoms with Gasteiger partial charge in [0.2, 0.25) is 11.4 Å². The lowest BCUT2D eigenvalue weighted by Gasteiger charge is -2.68. The maximum Gasteiger partial charge on any atom is 0.312 e. The summed E-state index contributed by atoms with van der Waals surface area (Å²) in [6, 6.07) is 5.69. The Hall–Kier alpha value is -2.45. The molecule has 8 heteroatoms. The van der Waals surface area contributed by atoms with Gasteiger partial charge in [0.15, 0.2) is 6.04 Å². The number of ether oxygens (including phenoxy) is 1. The number of esters is 1. The average molecular weight is 398 g/mol. The van der Waals surface area contributed by atoms with E-state index in [2.05, 4.69) is 0 Å². The molecular formula is C21H22N2O6. The number of rotatable bonds is 2. The molecule has 7 rings (SSSR count). The molecule has 6 aliphatic rings. The van der Waals surface area contributed by atoms with Gasteiger partial charge in [-0.25, -0.2) is 0 Å². The number of benzene rings is 1. The number of piperidine rings is 4. The van der Waals surface area contributed by atoms with Crippen LogP contribution in [-0.4, -0.2) is 56.4 Å². The number of carbonyl (C=O) groups is 2. The summed E-state index contributed by atoms with van der Waals surface area (Å²) in [6.07, 6.45) is 0.0972. The molecule has 1 aliphatic carbocycles. The van der Waals surface area contributed by atoms with Crippen molar-refractivity contribution in [1.82, 2.24) is 0 Å². The standard InChI is InChI=1S/C21H22N2O6/c1-9-16(20(25)26)11-7-14-18-21(12-5-3-4-6-13(12)22(18)27)8-15(23(9,14)28)17(11)19(21)29-10(2)24/h3-6,9,11,14-17,19H,7-8H2,1-2H3,(H,25,26)/t9-,11?,14-,15-,16-,17-,19+,21+,23+/m0/s1. The summed E-state index contributed by atoms with van der Waals surface area (Å²) in [5, 5.41) is 37.7. The summed E-state index contributed by atoms with van der Waals surface area (Å²) in [5.41, 5.74) is 0.982. The van der Waals surface area contributed by atoms with E-state index in [1.54, 1.807) is 19.1 Å². The summed E-state index contributed by atoms with van der Waals surface area (Å²) in [7, 11) is 0. The first-order valence-electron chi connectivity index (χ1n) is 10.2. The summed E-state index contributed by atoms with van der Waals surface area (Å²) in [5.74, 6) is -2.88. The van der Waals surface area contributed by atoms with Crippen LogP contribution in [0, 0.1) is 28.2 Å². The van der Waals surface area contributed by atoms with Gasteiger partial charge in [-0.2, -0.15) is 4.74 Å². The van der Waals surface area contributed by atoms with Gasteiger partial charge in [-0.15, -0.1) is 0 Å². The minimum Gasteiger partial charge on any atom is -0.632 e. The molecule has 1 N–H and O–H groups in total. The van der Waals surface area contributed by atoms with E-state index >= 15 is 0 Å². The monoisotopic (exact) mass is 398 g/mol. The van der Waals surface area contributed by atoms with Crippen LogP contribution in [0.5, 0.6) is 0 Å². The van der Waals surface area contributed by atoms with E-state index in [1.165, 1.54) is 6.92 Å². The third kappa shape index (κ3) is 1.62. The number of quaternary nitrogens is 1. The zero-order valence-electron chi connectivity index (χ0n) is 16.1. The van der Waals surface area contributed by atoms with Gasteiger partial charge in [0, 0.05) is 31.4 Å². The smallest absolute Gasteiger partial charge is 0.312 e. The Labute approximate surface area is 167 Å². The number of para-hydroxylation sites is 1. The highest BCUT2D eigenvalue weighted by atomic mass is 16.6. The van der Waals surface area contributed by atoms with Gasteiger partial charge < -0.3 is 24.9 Å². The number of hydrogen-bond donors (Lipinski definition) is 1. The Kier molecular flexibility index (Phi) is 3.00. The Morgan fingerprint density at radius 1 is 1.34 bits per heavy atom. The Morgan fingerprint density at radius 3 is 2.76 bits per heavy atom. The highest BCUT2D eigenvalue weighted by molar-refractivity contribution is 6.02. The molecule has 5 fully saturated rings. The van der Waals surface area contributed by atoms with Crippen molar-refractivity contribution < 1.29 is 28.8 Å². The van der Waals surface area contributed by atoms with Crippen molar-refractivity contribution in [2.75, 3.05) is 0 Å². The van der Waals surface area contributed by atoms with Crippen LogP contribution in [0.2, 0.25) is 0 Å². The maximum absolute atomic E-state index is 14.4. The largest absolute Gasteiger partial charge is 0.632 e. The topological polar surface area (TPSA) is 113 Å². The Balaban J connectivity index is 1.67. The van der Waals surface area contributed by atoms with E-state index in [0.29, 0.717) is 24.2 Å². The zero-order chi connectivity index (χ0) is 20.5. The first-order chi connectivity index (χ1) is 13.7. The van der Waals surface area contributed by atoms with Crippen molar-refractivity contribution in [3.8, 4) is 0 Å². The lowest BCUT2D eigenvalue weighted by atomic mass is 9.61. The third-order valence-electron chi connectivity index (χ3n) is 8.60. The van der Waals surface area contributed by atoms with Gasteiger partial charge in [0.1, 0.15) is 23.5 Å². The maximum atomic E-state index is 14.4. The second kappa shape index (κ2) is 4.99. The van der Waals surface area contributed by atoms with Crippen molar-refractivity contribution in [2.24, 2.45) is 17.8 Å². The lowest BCUT2D eigenvalue weighted by molar-refractivity contribution is -0.967. The van der Waals surface area contributed by atoms with Gasteiger partial charge >= 0.3 is 11.9 Å². The van der Waals surface area contributed by atoms with Crippen LogP contribution in [0.1, 0.15) is 32.3 Å². The Bertz CT molecular complexity index is 1020. The van der Waals surface area contributed by atoms with E-state index in [9.17, 15) is 25.1 Å². The number of carboxylic acid groups (broad SMARTS) is 1. The van der Waals surface area contributed by atoms with Crippen LogP contribution < -0.4 is 0 Å². The second-order valence-electron chi connectivity index (χ2n) is 9.33. The quantitative estimate of drug-likeness (QED) is 0.351. The van der Waals surface area contributed by atoms with Crippen LogP contribution in [0.15, 0.2) is 24.3 Å². The molecule has 1 aromatic carbocycles. The fourth-order valence-corrected chi connectivity index (χ4v) is 7.90. The normalized spacial score (nSPS) is 47.9. The van der Waals surface area contributed by atoms with Gasteiger partial charge in [-0.1, -0.05) is 18.2 Å². The van der Waals surface area contributed by atoms with Crippen LogP contribution >= 0.6 is 0 Å². The van der Waals surface area contributed by atoms with E-state index in [1.807, 2.05) is 12.1 Å². The molecule has 9 atom stereocenters. The highest BCUT2D eigenvalue weighted by Gasteiger charge is 2.83. The minimum atomic E-state index is -0.975. The fraction of sp³-hybridized carbons (Fsp3) is 0.571. The molecule has 5 bridgehead atoms. The highest BCUT2D eigenvalue weighted by Crippen LogP contribution is 2.69. The summed E-state index contributed by atoms with van der Waals surface area (Å²) in [4.78, 5) is 24.2. The summed E-state index contributed by atoms with van der Waals surface area (Å²) >= 11 is 0. The Morgan fingerprint density at radius 2 is 2.07 bits per heavy atom. The van der Waals surface area contributed by atoms with E-state index in [-0.39, 0.29) is 17.9 Å². The molecule has 1 aromatic rings. The number of carbonyl (C=O) groups excluding carboxylic acids is 1. The second-order valence-corrected chi connectivity index (χ2v) is 9.33. The zero-order valence-corrected chi connectivity index (χ0v) is 16.1. The van der Waals surface area contributed by atoms with Crippen molar-refractivity contribution in [1.29, 1.82) is 0 Å². The molecule has 152 valence electrons. The van der Waals surface area contributed by atoms with E-state index in [4.69, 9.17) is 4.74 Å². The fourth-order valence-electron chi connectivity index (χ4n) is 7.90. The van der Waals surface area contributed by atoms with Crippen molar-refractivity contribution in [3.05, 3.63) is 40.2 Å². The molecule has 1 saturated carbocycles. The number of carboxylic acids is 1. The first-order valence-corrected chi connectivity index (χ1v) is 10.2. The number of hydrogen-bond acceptors (Lipinski definition) is 5. The lowest BCUT2D eigenvalue weighted by Crippen LogP contribution is -2.79.